The molecule has 7 heteroatoms. The van der Waals surface area contributed by atoms with Crippen LogP contribution >= 0.6 is 23.2 Å². The van der Waals surface area contributed by atoms with E-state index in [9.17, 15) is 10.1 Å². The molecule has 0 fully saturated rings. The van der Waals surface area contributed by atoms with Crippen molar-refractivity contribution in [3.8, 4) is 5.75 Å². The predicted molar refractivity (Wildman–Crippen MR) is 65.0 cm³/mol. The van der Waals surface area contributed by atoms with Gasteiger partial charge >= 0.3 is 5.69 Å². The fourth-order valence-electron chi connectivity index (χ4n) is 1.51. The summed E-state index contributed by atoms with van der Waals surface area (Å²) < 4.78 is 4.98. The number of fused-ring (bicyclic) bond motifs is 1. The van der Waals surface area contributed by atoms with Crippen LogP contribution in [0.3, 0.4) is 0 Å². The molecule has 5 nitrogen and oxygen atoms in total. The molecule has 1 aromatic carbocycles. The molecule has 0 spiro atoms. The Kier molecular flexibility index (Phi) is 3.04. The molecule has 0 aliphatic heterocycles. The van der Waals surface area contributed by atoms with E-state index >= 15 is 0 Å². The lowest BCUT2D eigenvalue weighted by atomic mass is 10.2. The number of hydrogen-bond donors (Lipinski definition) is 0. The monoisotopic (exact) mass is 272 g/mol. The summed E-state index contributed by atoms with van der Waals surface area (Å²) in [6.45, 7) is 0. The number of hydrogen-bond acceptors (Lipinski definition) is 4. The minimum Gasteiger partial charge on any atom is -0.495 e. The van der Waals surface area contributed by atoms with Gasteiger partial charge in [-0.1, -0.05) is 23.2 Å². The zero-order chi connectivity index (χ0) is 12.6. The van der Waals surface area contributed by atoms with Gasteiger partial charge in [0.25, 0.3) is 0 Å². The summed E-state index contributed by atoms with van der Waals surface area (Å²) in [4.78, 5) is 14.3. The molecule has 88 valence electrons. The van der Waals surface area contributed by atoms with Crippen molar-refractivity contribution in [2.75, 3.05) is 7.11 Å². The van der Waals surface area contributed by atoms with Crippen LogP contribution in [0.5, 0.6) is 5.75 Å². The third kappa shape index (κ3) is 1.87. The highest BCUT2D eigenvalue weighted by Crippen LogP contribution is 2.41. The lowest BCUT2D eigenvalue weighted by molar-refractivity contribution is -0.383. The van der Waals surface area contributed by atoms with Crippen LogP contribution in [0.4, 0.5) is 5.69 Å². The zero-order valence-electron chi connectivity index (χ0n) is 8.61. The average Bonchev–Trinajstić information content (AvgIpc) is 2.28. The summed E-state index contributed by atoms with van der Waals surface area (Å²) in [6.07, 6.45) is 1.39. The number of ether oxygens (including phenoxy) is 1. The van der Waals surface area contributed by atoms with Crippen molar-refractivity contribution < 1.29 is 9.66 Å². The third-order valence-corrected chi connectivity index (χ3v) is 2.96. The van der Waals surface area contributed by atoms with Crippen LogP contribution in [-0.4, -0.2) is 17.0 Å². The molecular formula is C10H6Cl2N2O3. The maximum absolute atomic E-state index is 11.0. The smallest absolute Gasteiger partial charge is 0.317 e. The zero-order valence-corrected chi connectivity index (χ0v) is 10.1. The Bertz CT molecular complexity index is 616. The molecular weight excluding hydrogens is 267 g/mol. The highest BCUT2D eigenvalue weighted by molar-refractivity contribution is 6.38. The molecule has 1 heterocycles. The molecule has 0 aliphatic carbocycles. The van der Waals surface area contributed by atoms with E-state index in [4.69, 9.17) is 27.9 Å². The van der Waals surface area contributed by atoms with Crippen molar-refractivity contribution in [3.05, 3.63) is 38.5 Å². The standard InChI is InChI=1S/C10H6Cl2N2O3/c1-17-7-4-5-6(11)2-3-13-9(5)10(8(7)12)14(15)16/h2-4H,1H3. The highest BCUT2D eigenvalue weighted by atomic mass is 35.5. The molecule has 0 unspecified atom stereocenters. The van der Waals surface area contributed by atoms with Gasteiger partial charge in [-0.3, -0.25) is 10.1 Å². The number of benzene rings is 1. The van der Waals surface area contributed by atoms with Gasteiger partial charge in [-0.25, -0.2) is 4.98 Å². The molecule has 0 radical (unpaired) electrons. The van der Waals surface area contributed by atoms with E-state index in [1.807, 2.05) is 0 Å². The Morgan fingerprint density at radius 3 is 2.76 bits per heavy atom. The molecule has 0 amide bonds. The Hall–Kier alpha value is -1.59. The largest absolute Gasteiger partial charge is 0.495 e. The number of nitro benzene ring substituents is 1. The van der Waals surface area contributed by atoms with E-state index in [1.165, 1.54) is 19.4 Å². The van der Waals surface area contributed by atoms with Crippen LogP contribution < -0.4 is 4.74 Å². The molecule has 0 bridgehead atoms. The fraction of sp³-hybridized carbons (Fsp3) is 0.100. The van der Waals surface area contributed by atoms with Crippen molar-refractivity contribution in [3.63, 3.8) is 0 Å². The number of nitrogens with zero attached hydrogens (tertiary/aromatic N) is 2. The van der Waals surface area contributed by atoms with E-state index in [1.54, 1.807) is 6.07 Å². The Balaban J connectivity index is 2.97. The summed E-state index contributed by atoms with van der Waals surface area (Å²) in [5, 5.41) is 11.7. The number of methoxy groups -OCH3 is 1. The molecule has 0 saturated heterocycles. The normalized spacial score (nSPS) is 10.5. The van der Waals surface area contributed by atoms with Gasteiger partial charge in [0.05, 0.1) is 17.1 Å². The van der Waals surface area contributed by atoms with Gasteiger partial charge in [0, 0.05) is 11.6 Å². The first-order valence-corrected chi connectivity index (χ1v) is 5.27. The molecule has 0 N–H and O–H groups in total. The Morgan fingerprint density at radius 1 is 1.47 bits per heavy atom. The summed E-state index contributed by atoms with van der Waals surface area (Å²) in [5.41, 5.74) is -0.156. The van der Waals surface area contributed by atoms with Gasteiger partial charge in [-0.05, 0) is 12.1 Å². The van der Waals surface area contributed by atoms with Crippen LogP contribution in [0.1, 0.15) is 0 Å². The molecule has 0 aliphatic rings. The van der Waals surface area contributed by atoms with Crippen molar-refractivity contribution in [1.29, 1.82) is 0 Å². The highest BCUT2D eigenvalue weighted by Gasteiger charge is 2.24. The second-order valence-electron chi connectivity index (χ2n) is 3.19. The van der Waals surface area contributed by atoms with Gasteiger partial charge in [0.1, 0.15) is 5.75 Å². The topological polar surface area (TPSA) is 65.3 Å². The number of rotatable bonds is 2. The number of pyridine rings is 1. The summed E-state index contributed by atoms with van der Waals surface area (Å²) in [7, 11) is 1.38. The van der Waals surface area contributed by atoms with Crippen molar-refractivity contribution >= 4 is 39.8 Å². The number of aromatic nitrogens is 1. The van der Waals surface area contributed by atoms with Gasteiger partial charge in [0.2, 0.25) is 0 Å². The van der Waals surface area contributed by atoms with Gasteiger partial charge in [0.15, 0.2) is 10.5 Å². The maximum atomic E-state index is 11.0. The Morgan fingerprint density at radius 2 is 2.18 bits per heavy atom. The van der Waals surface area contributed by atoms with Crippen LogP contribution in [0.2, 0.25) is 10.0 Å². The molecule has 17 heavy (non-hydrogen) atoms. The second-order valence-corrected chi connectivity index (χ2v) is 3.97. The van der Waals surface area contributed by atoms with Gasteiger partial charge in [-0.15, -0.1) is 0 Å². The first-order chi connectivity index (χ1) is 8.06. The van der Waals surface area contributed by atoms with Crippen LogP contribution in [0.25, 0.3) is 10.9 Å². The van der Waals surface area contributed by atoms with E-state index in [0.717, 1.165) is 0 Å². The fourth-order valence-corrected chi connectivity index (χ4v) is 2.00. The van der Waals surface area contributed by atoms with Crippen LogP contribution in [-0.2, 0) is 0 Å². The molecule has 0 atom stereocenters. The first kappa shape index (κ1) is 11.9. The van der Waals surface area contributed by atoms with E-state index in [0.29, 0.717) is 10.4 Å². The van der Waals surface area contributed by atoms with E-state index in [2.05, 4.69) is 4.98 Å². The lowest BCUT2D eigenvalue weighted by Crippen LogP contribution is -1.96. The van der Waals surface area contributed by atoms with Crippen molar-refractivity contribution in [1.82, 2.24) is 4.98 Å². The molecule has 2 aromatic rings. The number of nitro groups is 1. The summed E-state index contributed by atoms with van der Waals surface area (Å²) >= 11 is 11.8. The van der Waals surface area contributed by atoms with Crippen molar-refractivity contribution in [2.24, 2.45) is 0 Å². The van der Waals surface area contributed by atoms with Crippen molar-refractivity contribution in [2.45, 2.75) is 0 Å². The van der Waals surface area contributed by atoms with Gasteiger partial charge in [-0.2, -0.15) is 0 Å². The molecule has 0 saturated carbocycles. The first-order valence-electron chi connectivity index (χ1n) is 4.51. The molecule has 2 rings (SSSR count). The lowest BCUT2D eigenvalue weighted by Gasteiger charge is -2.07. The minimum absolute atomic E-state index is 0.0835. The Labute approximate surface area is 106 Å². The molecule has 1 aromatic heterocycles. The van der Waals surface area contributed by atoms with Crippen LogP contribution in [0, 0.1) is 10.1 Å². The predicted octanol–water partition coefficient (Wildman–Crippen LogP) is 3.46. The van der Waals surface area contributed by atoms with E-state index < -0.39 is 4.92 Å². The van der Waals surface area contributed by atoms with E-state index in [-0.39, 0.29) is 22.0 Å². The van der Waals surface area contributed by atoms with Gasteiger partial charge < -0.3 is 4.74 Å². The second kappa shape index (κ2) is 4.35. The minimum atomic E-state index is -0.601. The summed E-state index contributed by atoms with van der Waals surface area (Å²) in [6, 6.07) is 3.07. The SMILES string of the molecule is COc1cc2c(Cl)ccnc2c([N+](=O)[O-])c1Cl. The quantitative estimate of drug-likeness (QED) is 0.620. The van der Waals surface area contributed by atoms with Crippen LogP contribution in [0.15, 0.2) is 18.3 Å². The summed E-state index contributed by atoms with van der Waals surface area (Å²) in [5.74, 6) is 0.195. The maximum Gasteiger partial charge on any atom is 0.317 e. The average molecular weight is 273 g/mol. The third-order valence-electron chi connectivity index (χ3n) is 2.26. The number of halogens is 2.